The summed E-state index contributed by atoms with van der Waals surface area (Å²) in [4.78, 5) is 15.8. The molecule has 1 amide bonds. The monoisotopic (exact) mass is 371 g/mol. The topological polar surface area (TPSA) is 38.8 Å². The van der Waals surface area contributed by atoms with Crippen LogP contribution in [-0.2, 0) is 17.8 Å². The molecule has 138 valence electrons. The van der Waals surface area contributed by atoms with Gasteiger partial charge in [0.1, 0.15) is 0 Å². The second kappa shape index (κ2) is 8.41. The second-order valence-corrected chi connectivity index (χ2v) is 7.83. The quantitative estimate of drug-likeness (QED) is 0.707. The highest BCUT2D eigenvalue weighted by atomic mass is 32.1. The lowest BCUT2D eigenvalue weighted by molar-refractivity contribution is -0.126. The summed E-state index contributed by atoms with van der Waals surface area (Å²) in [7, 11) is 1.63. The zero-order valence-corrected chi connectivity index (χ0v) is 16.3. The Labute approximate surface area is 159 Å². The van der Waals surface area contributed by atoms with E-state index in [9.17, 15) is 4.79 Å². The van der Waals surface area contributed by atoms with Crippen molar-refractivity contribution in [1.29, 1.82) is 0 Å². The van der Waals surface area contributed by atoms with Crippen molar-refractivity contribution >= 4 is 23.3 Å². The first kappa shape index (κ1) is 18.5. The molecule has 1 aliphatic heterocycles. The van der Waals surface area contributed by atoms with Crippen LogP contribution < -0.4 is 9.47 Å². The Morgan fingerprint density at radius 1 is 1.31 bits per heavy atom. The number of nitrogens with zero attached hydrogens (tertiary/aromatic N) is 1. The molecule has 0 atom stereocenters. The van der Waals surface area contributed by atoms with Crippen LogP contribution in [0.4, 0.5) is 0 Å². The molecule has 0 radical (unpaired) electrons. The molecule has 0 unspecified atom stereocenters. The Hall–Kier alpha value is -2.27. The van der Waals surface area contributed by atoms with Gasteiger partial charge in [0.15, 0.2) is 11.5 Å². The van der Waals surface area contributed by atoms with Crippen LogP contribution in [0.25, 0.3) is 6.08 Å². The van der Waals surface area contributed by atoms with Crippen LogP contribution in [0, 0.1) is 5.92 Å². The van der Waals surface area contributed by atoms with E-state index in [2.05, 4.69) is 25.3 Å². The number of amides is 1. The Morgan fingerprint density at radius 2 is 2.15 bits per heavy atom. The highest BCUT2D eigenvalue weighted by Gasteiger charge is 2.19. The lowest BCUT2D eigenvalue weighted by Crippen LogP contribution is -2.34. The molecule has 2 aromatic rings. The van der Waals surface area contributed by atoms with Crippen molar-refractivity contribution in [3.05, 3.63) is 51.7 Å². The summed E-state index contributed by atoms with van der Waals surface area (Å²) < 4.78 is 11.2. The molecule has 0 aliphatic carbocycles. The minimum atomic E-state index is 0.0425. The largest absolute Gasteiger partial charge is 0.493 e. The highest BCUT2D eigenvalue weighted by Crippen LogP contribution is 2.29. The molecule has 0 saturated carbocycles. The van der Waals surface area contributed by atoms with Gasteiger partial charge in [-0.15, -0.1) is 11.3 Å². The van der Waals surface area contributed by atoms with Crippen molar-refractivity contribution in [2.75, 3.05) is 20.3 Å². The number of carbonyl (C=O) groups excluding carboxylic acids is 1. The van der Waals surface area contributed by atoms with E-state index in [1.165, 1.54) is 10.4 Å². The van der Waals surface area contributed by atoms with Gasteiger partial charge in [0.25, 0.3) is 0 Å². The van der Waals surface area contributed by atoms with Crippen molar-refractivity contribution in [2.45, 2.75) is 26.8 Å². The fourth-order valence-electron chi connectivity index (χ4n) is 2.87. The molecule has 5 heteroatoms. The molecule has 0 fully saturated rings. The average molecular weight is 372 g/mol. The zero-order valence-electron chi connectivity index (χ0n) is 15.5. The molecule has 0 N–H and O–H groups in total. The van der Waals surface area contributed by atoms with Gasteiger partial charge < -0.3 is 14.4 Å². The smallest absolute Gasteiger partial charge is 0.246 e. The minimum absolute atomic E-state index is 0.0425. The van der Waals surface area contributed by atoms with E-state index in [-0.39, 0.29) is 5.91 Å². The maximum absolute atomic E-state index is 12.5. The van der Waals surface area contributed by atoms with Gasteiger partial charge in [-0.1, -0.05) is 19.9 Å². The normalized spacial score (nSPS) is 13.9. The molecule has 1 aliphatic rings. The van der Waals surface area contributed by atoms with Crippen LogP contribution in [0.1, 0.15) is 29.9 Å². The van der Waals surface area contributed by atoms with Crippen molar-refractivity contribution in [3.8, 4) is 11.5 Å². The van der Waals surface area contributed by atoms with Gasteiger partial charge in [0.2, 0.25) is 5.91 Å². The maximum atomic E-state index is 12.5. The molecule has 4 nitrogen and oxygen atoms in total. The molecule has 0 spiro atoms. The van der Waals surface area contributed by atoms with Crippen molar-refractivity contribution in [2.24, 2.45) is 5.92 Å². The summed E-state index contributed by atoms with van der Waals surface area (Å²) in [5.74, 6) is 1.90. The molecule has 3 rings (SSSR count). The lowest BCUT2D eigenvalue weighted by Gasteiger charge is -2.25. The van der Waals surface area contributed by atoms with Crippen LogP contribution in [0.5, 0.6) is 11.5 Å². The fraction of sp³-hybridized carbons (Fsp3) is 0.381. The summed E-state index contributed by atoms with van der Waals surface area (Å²) in [6.07, 6.45) is 4.42. The minimum Gasteiger partial charge on any atom is -0.493 e. The third-order valence-electron chi connectivity index (χ3n) is 4.30. The second-order valence-electron chi connectivity index (χ2n) is 6.83. The van der Waals surface area contributed by atoms with E-state index in [1.54, 1.807) is 24.5 Å². The van der Waals surface area contributed by atoms with E-state index in [4.69, 9.17) is 9.47 Å². The number of hydrogen-bond acceptors (Lipinski definition) is 4. The van der Waals surface area contributed by atoms with Crippen molar-refractivity contribution in [3.63, 3.8) is 0 Å². The Kier molecular flexibility index (Phi) is 5.99. The zero-order chi connectivity index (χ0) is 18.5. The number of thiophene rings is 1. The van der Waals surface area contributed by atoms with Crippen LogP contribution in [0.3, 0.4) is 0 Å². The van der Waals surface area contributed by atoms with Crippen LogP contribution >= 0.6 is 11.3 Å². The maximum Gasteiger partial charge on any atom is 0.246 e. The first-order valence-corrected chi connectivity index (χ1v) is 9.78. The van der Waals surface area contributed by atoms with E-state index < -0.39 is 0 Å². The number of rotatable bonds is 6. The molecule has 1 aromatic carbocycles. The Balaban J connectivity index is 1.65. The van der Waals surface area contributed by atoms with Crippen LogP contribution in [-0.4, -0.2) is 31.1 Å². The van der Waals surface area contributed by atoms with Crippen molar-refractivity contribution in [1.82, 2.24) is 4.90 Å². The summed E-state index contributed by atoms with van der Waals surface area (Å²) in [6.45, 7) is 6.34. The number of benzene rings is 1. The number of methoxy groups -OCH3 is 1. The predicted molar refractivity (Wildman–Crippen MR) is 106 cm³/mol. The van der Waals surface area contributed by atoms with Crippen LogP contribution in [0.15, 0.2) is 35.7 Å². The van der Waals surface area contributed by atoms with E-state index in [1.807, 2.05) is 29.2 Å². The fourth-order valence-corrected chi connectivity index (χ4v) is 3.76. The van der Waals surface area contributed by atoms with E-state index >= 15 is 0 Å². The van der Waals surface area contributed by atoms with E-state index in [0.717, 1.165) is 24.3 Å². The van der Waals surface area contributed by atoms with Gasteiger partial charge in [-0.2, -0.15) is 0 Å². The first-order valence-electron chi connectivity index (χ1n) is 8.90. The van der Waals surface area contributed by atoms with Gasteiger partial charge >= 0.3 is 0 Å². The summed E-state index contributed by atoms with van der Waals surface area (Å²) >= 11 is 1.78. The average Bonchev–Trinajstić information content (AvgIpc) is 3.12. The van der Waals surface area contributed by atoms with Gasteiger partial charge in [0, 0.05) is 24.0 Å². The summed E-state index contributed by atoms with van der Waals surface area (Å²) in [5, 5.41) is 2.10. The Bertz CT molecular complexity index is 794. The summed E-state index contributed by atoms with van der Waals surface area (Å²) in [6, 6.07) is 7.84. The molecule has 1 aromatic heterocycles. The van der Waals surface area contributed by atoms with Gasteiger partial charge in [-0.25, -0.2) is 0 Å². The molecule has 2 heterocycles. The van der Waals surface area contributed by atoms with Gasteiger partial charge in [0.05, 0.1) is 13.7 Å². The highest BCUT2D eigenvalue weighted by molar-refractivity contribution is 7.10. The molecular weight excluding hydrogens is 346 g/mol. The third-order valence-corrected chi connectivity index (χ3v) is 5.32. The lowest BCUT2D eigenvalue weighted by atomic mass is 10.1. The third kappa shape index (κ3) is 4.47. The first-order chi connectivity index (χ1) is 12.6. The number of carbonyl (C=O) groups is 1. The molecular formula is C21H25NO3S. The summed E-state index contributed by atoms with van der Waals surface area (Å²) in [5.41, 5.74) is 2.19. The SMILES string of the molecule is COc1cc(C=CC(=O)N2CCc3sccc3C2)ccc1OCC(C)C. The number of ether oxygens (including phenoxy) is 2. The molecule has 26 heavy (non-hydrogen) atoms. The standard InChI is InChI=1S/C21H25NO3S/c1-15(2)14-25-18-6-4-16(12-19(18)24-3)5-7-21(23)22-10-8-20-17(13-22)9-11-26-20/h4-7,9,11-12,15H,8,10,13-14H2,1-3H3. The number of fused-ring (bicyclic) bond motifs is 1. The molecule has 0 bridgehead atoms. The number of hydrogen-bond donors (Lipinski definition) is 0. The Morgan fingerprint density at radius 3 is 2.92 bits per heavy atom. The molecule has 0 saturated heterocycles. The van der Waals surface area contributed by atoms with E-state index in [0.29, 0.717) is 24.8 Å². The predicted octanol–water partition coefficient (Wildman–Crippen LogP) is 4.39. The van der Waals surface area contributed by atoms with Gasteiger partial charge in [-0.3, -0.25) is 4.79 Å². The van der Waals surface area contributed by atoms with Crippen LogP contribution in [0.2, 0.25) is 0 Å². The van der Waals surface area contributed by atoms with Crippen molar-refractivity contribution < 1.29 is 14.3 Å². The van der Waals surface area contributed by atoms with Gasteiger partial charge in [-0.05, 0) is 53.1 Å².